The molecule has 0 aliphatic heterocycles. The van der Waals surface area contributed by atoms with Crippen LogP contribution in [0.2, 0.25) is 5.02 Å². The van der Waals surface area contributed by atoms with Gasteiger partial charge in [0.2, 0.25) is 11.8 Å². The van der Waals surface area contributed by atoms with Crippen LogP contribution >= 0.6 is 11.6 Å². The lowest BCUT2D eigenvalue weighted by Gasteiger charge is -2.05. The average Bonchev–Trinajstić information content (AvgIpc) is 3.07. The Kier molecular flexibility index (Phi) is 7.06. The standard InChI is InChI=1S/C21H21ClN2O4S/c1-14-19(24-21(28-14)16-5-9-18(27-2)10-6-16)12-29(26)13-20(25)23-11-15-3-7-17(22)8-4-15/h3-10H,11-13H2,1-2H3,(H,23,25)/t29-/m1/s1. The van der Waals surface area contributed by atoms with E-state index in [9.17, 15) is 9.00 Å². The van der Waals surface area contributed by atoms with Crippen LogP contribution in [-0.4, -0.2) is 28.0 Å². The first-order valence-electron chi connectivity index (χ1n) is 8.91. The quantitative estimate of drug-likeness (QED) is 0.584. The second-order valence-corrected chi connectivity index (χ2v) is 8.28. The zero-order valence-electron chi connectivity index (χ0n) is 16.1. The molecule has 29 heavy (non-hydrogen) atoms. The van der Waals surface area contributed by atoms with Crippen molar-refractivity contribution in [2.45, 2.75) is 19.2 Å². The summed E-state index contributed by atoms with van der Waals surface area (Å²) >= 11 is 5.84. The Morgan fingerprint density at radius 3 is 2.52 bits per heavy atom. The van der Waals surface area contributed by atoms with Crippen molar-refractivity contribution in [3.63, 3.8) is 0 Å². The van der Waals surface area contributed by atoms with Gasteiger partial charge in [-0.25, -0.2) is 4.98 Å². The van der Waals surface area contributed by atoms with Crippen molar-refractivity contribution in [2.75, 3.05) is 12.9 Å². The van der Waals surface area contributed by atoms with E-state index in [0.29, 0.717) is 28.9 Å². The van der Waals surface area contributed by atoms with Crippen molar-refractivity contribution in [3.05, 3.63) is 70.6 Å². The summed E-state index contributed by atoms with van der Waals surface area (Å²) in [6, 6.07) is 14.5. The van der Waals surface area contributed by atoms with E-state index >= 15 is 0 Å². The Morgan fingerprint density at radius 1 is 1.17 bits per heavy atom. The average molecular weight is 433 g/mol. The van der Waals surface area contributed by atoms with Gasteiger partial charge in [-0.2, -0.15) is 0 Å². The molecule has 8 heteroatoms. The van der Waals surface area contributed by atoms with Gasteiger partial charge in [0.25, 0.3) is 0 Å². The summed E-state index contributed by atoms with van der Waals surface area (Å²) < 4.78 is 23.2. The number of benzene rings is 2. The minimum Gasteiger partial charge on any atom is -0.497 e. The number of methoxy groups -OCH3 is 1. The molecular weight excluding hydrogens is 412 g/mol. The molecule has 152 valence electrons. The van der Waals surface area contributed by atoms with Gasteiger partial charge < -0.3 is 14.5 Å². The molecule has 0 unspecified atom stereocenters. The molecule has 1 aromatic heterocycles. The zero-order valence-corrected chi connectivity index (χ0v) is 17.7. The molecule has 0 fully saturated rings. The Labute approximate surface area is 176 Å². The number of nitrogens with zero attached hydrogens (tertiary/aromatic N) is 1. The van der Waals surface area contributed by atoms with Gasteiger partial charge in [-0.15, -0.1) is 0 Å². The van der Waals surface area contributed by atoms with Gasteiger partial charge >= 0.3 is 0 Å². The van der Waals surface area contributed by atoms with Crippen LogP contribution in [-0.2, 0) is 27.9 Å². The molecule has 3 rings (SSSR count). The third-order valence-electron chi connectivity index (χ3n) is 4.22. The van der Waals surface area contributed by atoms with Gasteiger partial charge in [-0.1, -0.05) is 23.7 Å². The van der Waals surface area contributed by atoms with Crippen LogP contribution in [0.25, 0.3) is 11.5 Å². The predicted molar refractivity (Wildman–Crippen MR) is 113 cm³/mol. The smallest absolute Gasteiger partial charge is 0.232 e. The number of carbonyl (C=O) groups is 1. The molecule has 0 spiro atoms. The maximum absolute atomic E-state index is 12.4. The number of nitrogens with one attached hydrogen (secondary N) is 1. The molecule has 0 aliphatic rings. The largest absolute Gasteiger partial charge is 0.497 e. The molecule has 1 amide bonds. The zero-order chi connectivity index (χ0) is 20.8. The summed E-state index contributed by atoms with van der Waals surface area (Å²) in [5, 5.41) is 3.40. The fourth-order valence-electron chi connectivity index (χ4n) is 2.62. The number of aromatic nitrogens is 1. The number of hydrogen-bond acceptors (Lipinski definition) is 5. The summed E-state index contributed by atoms with van der Waals surface area (Å²) in [5.74, 6) is 1.55. The Hall–Kier alpha value is -2.64. The van der Waals surface area contributed by atoms with Crippen LogP contribution in [0.5, 0.6) is 5.75 Å². The van der Waals surface area contributed by atoms with Crippen molar-refractivity contribution < 1.29 is 18.2 Å². The van der Waals surface area contributed by atoms with E-state index in [1.165, 1.54) is 0 Å². The van der Waals surface area contributed by atoms with E-state index < -0.39 is 10.8 Å². The van der Waals surface area contributed by atoms with Crippen molar-refractivity contribution >= 4 is 28.3 Å². The molecule has 0 bridgehead atoms. The molecule has 0 aliphatic carbocycles. The van der Waals surface area contributed by atoms with Crippen molar-refractivity contribution in [2.24, 2.45) is 0 Å². The minimum absolute atomic E-state index is 0.0994. The summed E-state index contributed by atoms with van der Waals surface area (Å²) in [6.07, 6.45) is 0. The highest BCUT2D eigenvalue weighted by molar-refractivity contribution is 7.84. The van der Waals surface area contributed by atoms with Crippen LogP contribution in [0, 0.1) is 6.92 Å². The first-order valence-corrected chi connectivity index (χ1v) is 10.8. The molecule has 1 atom stereocenters. The molecule has 0 radical (unpaired) electrons. The molecule has 1 N–H and O–H groups in total. The van der Waals surface area contributed by atoms with E-state index in [0.717, 1.165) is 16.9 Å². The number of ether oxygens (including phenoxy) is 1. The highest BCUT2D eigenvalue weighted by Gasteiger charge is 2.16. The molecule has 3 aromatic rings. The first-order chi connectivity index (χ1) is 13.9. The monoisotopic (exact) mass is 432 g/mol. The first kappa shape index (κ1) is 21.1. The molecule has 1 heterocycles. The third kappa shape index (κ3) is 5.92. The molecule has 0 saturated carbocycles. The third-order valence-corrected chi connectivity index (χ3v) is 5.65. The lowest BCUT2D eigenvalue weighted by Crippen LogP contribution is -2.28. The molecule has 2 aromatic carbocycles. The van der Waals surface area contributed by atoms with E-state index in [1.807, 2.05) is 36.4 Å². The normalized spacial score (nSPS) is 11.8. The number of amides is 1. The minimum atomic E-state index is -1.40. The van der Waals surface area contributed by atoms with Gasteiger partial charge in [0.15, 0.2) is 0 Å². The number of hydrogen-bond donors (Lipinski definition) is 1. The van der Waals surface area contributed by atoms with Crippen LogP contribution in [0.1, 0.15) is 17.0 Å². The van der Waals surface area contributed by atoms with Crippen LogP contribution in [0.3, 0.4) is 0 Å². The number of halogens is 1. The topological polar surface area (TPSA) is 81.4 Å². The fourth-order valence-corrected chi connectivity index (χ4v) is 3.82. The number of rotatable bonds is 8. The highest BCUT2D eigenvalue weighted by atomic mass is 35.5. The predicted octanol–water partition coefficient (Wildman–Crippen LogP) is 3.88. The molecule has 0 saturated heterocycles. The van der Waals surface area contributed by atoms with Gasteiger partial charge in [0.1, 0.15) is 17.3 Å². The van der Waals surface area contributed by atoms with Crippen LogP contribution in [0.4, 0.5) is 0 Å². The maximum Gasteiger partial charge on any atom is 0.232 e. The lowest BCUT2D eigenvalue weighted by molar-refractivity contribution is -0.118. The number of aryl methyl sites for hydroxylation is 1. The van der Waals surface area contributed by atoms with Gasteiger partial charge in [-0.05, 0) is 48.9 Å². The van der Waals surface area contributed by atoms with Gasteiger partial charge in [0, 0.05) is 27.9 Å². The van der Waals surface area contributed by atoms with Crippen LogP contribution in [0.15, 0.2) is 52.9 Å². The van der Waals surface area contributed by atoms with Crippen molar-refractivity contribution in [1.82, 2.24) is 10.3 Å². The van der Waals surface area contributed by atoms with Crippen molar-refractivity contribution in [1.29, 1.82) is 0 Å². The second-order valence-electron chi connectivity index (χ2n) is 6.38. The summed E-state index contributed by atoms with van der Waals surface area (Å²) in [5.41, 5.74) is 2.30. The van der Waals surface area contributed by atoms with E-state index in [1.54, 1.807) is 26.2 Å². The Bertz CT molecular complexity index is 1000. The van der Waals surface area contributed by atoms with E-state index in [2.05, 4.69) is 10.3 Å². The molecular formula is C21H21ClN2O4S. The fraction of sp³-hybridized carbons (Fsp3) is 0.238. The van der Waals surface area contributed by atoms with E-state index in [-0.39, 0.29) is 17.4 Å². The van der Waals surface area contributed by atoms with Crippen molar-refractivity contribution in [3.8, 4) is 17.2 Å². The number of carbonyl (C=O) groups excluding carboxylic acids is 1. The van der Waals surface area contributed by atoms with E-state index in [4.69, 9.17) is 20.8 Å². The summed E-state index contributed by atoms with van der Waals surface area (Å²) in [4.78, 5) is 16.5. The summed E-state index contributed by atoms with van der Waals surface area (Å²) in [7, 11) is 0.204. The summed E-state index contributed by atoms with van der Waals surface area (Å²) in [6.45, 7) is 2.13. The Balaban J connectivity index is 1.55. The van der Waals surface area contributed by atoms with Gasteiger partial charge in [0.05, 0.1) is 18.6 Å². The Morgan fingerprint density at radius 2 is 1.86 bits per heavy atom. The number of oxazole rings is 1. The lowest BCUT2D eigenvalue weighted by atomic mass is 10.2. The highest BCUT2D eigenvalue weighted by Crippen LogP contribution is 2.24. The van der Waals surface area contributed by atoms with Gasteiger partial charge in [-0.3, -0.25) is 9.00 Å². The second kappa shape index (κ2) is 9.71. The molecule has 6 nitrogen and oxygen atoms in total. The van der Waals surface area contributed by atoms with Crippen LogP contribution < -0.4 is 10.1 Å². The maximum atomic E-state index is 12.4. The SMILES string of the molecule is COc1ccc(-c2nc(C[S@@](=O)CC(=O)NCc3ccc(Cl)cc3)c(C)o2)cc1.